The van der Waals surface area contributed by atoms with Crippen LogP contribution in [0.5, 0.6) is 0 Å². The normalized spacial score (nSPS) is 10.2. The van der Waals surface area contributed by atoms with E-state index in [-0.39, 0.29) is 17.1 Å². The zero-order valence-corrected chi connectivity index (χ0v) is 13.4. The van der Waals surface area contributed by atoms with E-state index < -0.39 is 10.8 Å². The molecule has 2 aromatic heterocycles. The van der Waals surface area contributed by atoms with Crippen molar-refractivity contribution in [2.24, 2.45) is 5.73 Å². The van der Waals surface area contributed by atoms with Gasteiger partial charge in [0, 0.05) is 11.8 Å². The Kier molecular flexibility index (Phi) is 4.70. The molecule has 3 rings (SSSR count). The van der Waals surface area contributed by atoms with Crippen LogP contribution in [0.15, 0.2) is 60.9 Å². The second kappa shape index (κ2) is 7.26. The lowest BCUT2D eigenvalue weighted by molar-refractivity contribution is -0.385. The third-order valence-electron chi connectivity index (χ3n) is 3.42. The molecule has 0 atom stereocenters. The summed E-state index contributed by atoms with van der Waals surface area (Å²) >= 11 is 0. The van der Waals surface area contributed by atoms with Crippen molar-refractivity contribution in [2.45, 2.75) is 0 Å². The first-order valence-electron chi connectivity index (χ1n) is 7.52. The Labute approximate surface area is 148 Å². The van der Waals surface area contributed by atoms with Gasteiger partial charge in [-0.1, -0.05) is 18.2 Å². The standard InChI is InChI=1S/C17H14N6O3/c18-16(24)14-8-13(23(25)26)10-20-17(14)22-12-6-7-15(19-9-12)21-11-4-2-1-3-5-11/h1-10H,(H2,18,24)(H,19,21)(H,20,22). The van der Waals surface area contributed by atoms with Crippen LogP contribution in [0, 0.1) is 10.1 Å². The Bertz CT molecular complexity index is 944. The summed E-state index contributed by atoms with van der Waals surface area (Å²) in [7, 11) is 0. The number of nitrogens with zero attached hydrogens (tertiary/aromatic N) is 3. The molecule has 1 aromatic carbocycles. The molecule has 0 fully saturated rings. The molecule has 0 saturated heterocycles. The second-order valence-corrected chi connectivity index (χ2v) is 5.26. The van der Waals surface area contributed by atoms with Crippen LogP contribution < -0.4 is 16.4 Å². The molecule has 0 aliphatic carbocycles. The van der Waals surface area contributed by atoms with Crippen LogP contribution in [-0.4, -0.2) is 20.8 Å². The Balaban J connectivity index is 1.79. The van der Waals surface area contributed by atoms with Crippen molar-refractivity contribution in [3.05, 3.63) is 76.6 Å². The average Bonchev–Trinajstić information content (AvgIpc) is 2.64. The van der Waals surface area contributed by atoms with Gasteiger partial charge in [-0.25, -0.2) is 9.97 Å². The first-order chi connectivity index (χ1) is 12.5. The van der Waals surface area contributed by atoms with E-state index in [1.165, 1.54) is 0 Å². The number of primary amides is 1. The minimum atomic E-state index is -0.820. The van der Waals surface area contributed by atoms with Crippen molar-refractivity contribution >= 4 is 34.6 Å². The highest BCUT2D eigenvalue weighted by molar-refractivity contribution is 5.98. The summed E-state index contributed by atoms with van der Waals surface area (Å²) in [6.07, 6.45) is 2.59. The van der Waals surface area contributed by atoms with Gasteiger partial charge >= 0.3 is 0 Å². The minimum absolute atomic E-state index is 0.0781. The molecular weight excluding hydrogens is 336 g/mol. The van der Waals surface area contributed by atoms with Gasteiger partial charge in [-0.05, 0) is 24.3 Å². The van der Waals surface area contributed by atoms with Crippen molar-refractivity contribution in [3.63, 3.8) is 0 Å². The molecular formula is C17H14N6O3. The lowest BCUT2D eigenvalue weighted by Gasteiger charge is -2.10. The summed E-state index contributed by atoms with van der Waals surface area (Å²) in [5, 5.41) is 16.8. The quantitative estimate of drug-likeness (QED) is 0.459. The van der Waals surface area contributed by atoms with Crippen molar-refractivity contribution in [1.82, 2.24) is 9.97 Å². The lowest BCUT2D eigenvalue weighted by Crippen LogP contribution is -2.14. The molecule has 1 amide bonds. The van der Waals surface area contributed by atoms with E-state index in [0.717, 1.165) is 18.0 Å². The average molecular weight is 350 g/mol. The van der Waals surface area contributed by atoms with E-state index >= 15 is 0 Å². The van der Waals surface area contributed by atoms with Crippen molar-refractivity contribution in [3.8, 4) is 0 Å². The number of benzene rings is 1. The maximum atomic E-state index is 11.5. The maximum Gasteiger partial charge on any atom is 0.288 e. The summed E-state index contributed by atoms with van der Waals surface area (Å²) in [5.41, 5.74) is 6.33. The highest BCUT2D eigenvalue weighted by Gasteiger charge is 2.16. The number of nitrogens with two attached hydrogens (primary N) is 1. The molecule has 4 N–H and O–H groups in total. The molecule has 9 heteroatoms. The van der Waals surface area contributed by atoms with Gasteiger partial charge in [0.05, 0.1) is 22.4 Å². The molecule has 0 unspecified atom stereocenters. The van der Waals surface area contributed by atoms with Gasteiger partial charge in [-0.15, -0.1) is 0 Å². The Hall–Kier alpha value is -4.01. The number of aromatic nitrogens is 2. The van der Waals surface area contributed by atoms with E-state index in [2.05, 4.69) is 20.6 Å². The highest BCUT2D eigenvalue weighted by atomic mass is 16.6. The van der Waals surface area contributed by atoms with Crippen molar-refractivity contribution in [1.29, 1.82) is 0 Å². The number of hydrogen-bond donors (Lipinski definition) is 3. The molecule has 0 spiro atoms. The molecule has 0 radical (unpaired) electrons. The van der Waals surface area contributed by atoms with E-state index in [9.17, 15) is 14.9 Å². The summed E-state index contributed by atoms with van der Waals surface area (Å²) in [6, 6.07) is 14.1. The van der Waals surface area contributed by atoms with Gasteiger partial charge in [-0.2, -0.15) is 0 Å². The van der Waals surface area contributed by atoms with Gasteiger partial charge in [0.2, 0.25) is 0 Å². The van der Waals surface area contributed by atoms with E-state index in [1.807, 2.05) is 30.3 Å². The van der Waals surface area contributed by atoms with Crippen LogP contribution in [0.4, 0.5) is 28.7 Å². The van der Waals surface area contributed by atoms with E-state index in [4.69, 9.17) is 5.73 Å². The summed E-state index contributed by atoms with van der Waals surface area (Å²) in [4.78, 5) is 29.9. The summed E-state index contributed by atoms with van der Waals surface area (Å²) in [5.74, 6) is -0.0683. The molecule has 0 bridgehead atoms. The van der Waals surface area contributed by atoms with Crippen LogP contribution in [0.25, 0.3) is 0 Å². The number of nitrogens with one attached hydrogen (secondary N) is 2. The fraction of sp³-hybridized carbons (Fsp3) is 0. The number of rotatable bonds is 6. The van der Waals surface area contributed by atoms with Crippen LogP contribution in [0.3, 0.4) is 0 Å². The number of nitro groups is 1. The van der Waals surface area contributed by atoms with Crippen molar-refractivity contribution in [2.75, 3.05) is 10.6 Å². The third-order valence-corrected chi connectivity index (χ3v) is 3.42. The first kappa shape index (κ1) is 16.8. The Morgan fingerprint density at radius 1 is 1.00 bits per heavy atom. The zero-order valence-electron chi connectivity index (χ0n) is 13.4. The van der Waals surface area contributed by atoms with Crippen molar-refractivity contribution < 1.29 is 9.72 Å². The number of carbonyl (C=O) groups is 1. The van der Waals surface area contributed by atoms with Crippen LogP contribution in [-0.2, 0) is 0 Å². The number of hydrogen-bond acceptors (Lipinski definition) is 7. The number of para-hydroxylation sites is 1. The number of carbonyl (C=O) groups excluding carboxylic acids is 1. The number of anilines is 4. The maximum absolute atomic E-state index is 11.5. The molecule has 0 aliphatic heterocycles. The lowest BCUT2D eigenvalue weighted by atomic mass is 10.2. The smallest absolute Gasteiger partial charge is 0.288 e. The second-order valence-electron chi connectivity index (χ2n) is 5.26. The molecule has 26 heavy (non-hydrogen) atoms. The minimum Gasteiger partial charge on any atom is -0.365 e. The zero-order chi connectivity index (χ0) is 18.5. The van der Waals surface area contributed by atoms with Gasteiger partial charge in [0.25, 0.3) is 11.6 Å². The monoisotopic (exact) mass is 350 g/mol. The first-order valence-corrected chi connectivity index (χ1v) is 7.52. The fourth-order valence-electron chi connectivity index (χ4n) is 2.19. The fourth-order valence-corrected chi connectivity index (χ4v) is 2.19. The van der Waals surface area contributed by atoms with Gasteiger partial charge < -0.3 is 16.4 Å². The third kappa shape index (κ3) is 3.90. The Morgan fingerprint density at radius 2 is 1.77 bits per heavy atom. The molecule has 3 aromatic rings. The number of pyridine rings is 2. The van der Waals surface area contributed by atoms with Crippen LogP contribution >= 0.6 is 0 Å². The highest BCUT2D eigenvalue weighted by Crippen LogP contribution is 2.23. The van der Waals surface area contributed by atoms with Gasteiger partial charge in [0.15, 0.2) is 0 Å². The molecule has 9 nitrogen and oxygen atoms in total. The van der Waals surface area contributed by atoms with E-state index in [1.54, 1.807) is 18.3 Å². The van der Waals surface area contributed by atoms with Gasteiger partial charge in [-0.3, -0.25) is 14.9 Å². The van der Waals surface area contributed by atoms with Crippen LogP contribution in [0.2, 0.25) is 0 Å². The largest absolute Gasteiger partial charge is 0.365 e. The molecule has 130 valence electrons. The Morgan fingerprint density at radius 3 is 2.38 bits per heavy atom. The van der Waals surface area contributed by atoms with Gasteiger partial charge in [0.1, 0.15) is 17.8 Å². The predicted molar refractivity (Wildman–Crippen MR) is 96.7 cm³/mol. The SMILES string of the molecule is NC(=O)c1cc([N+](=O)[O-])cnc1Nc1ccc(Nc2ccccc2)nc1. The van der Waals surface area contributed by atoms with E-state index in [0.29, 0.717) is 11.5 Å². The molecule has 0 saturated carbocycles. The predicted octanol–water partition coefficient (Wildman–Crippen LogP) is 2.97. The number of amides is 1. The molecule has 2 heterocycles. The van der Waals surface area contributed by atoms with Crippen LogP contribution in [0.1, 0.15) is 10.4 Å². The molecule has 0 aliphatic rings. The topological polar surface area (TPSA) is 136 Å². The summed E-state index contributed by atoms with van der Waals surface area (Å²) in [6.45, 7) is 0. The summed E-state index contributed by atoms with van der Waals surface area (Å²) < 4.78 is 0.